The number of nitrogens with zero attached hydrogens (tertiary/aromatic N) is 2. The molecule has 8 heteroatoms. The topological polar surface area (TPSA) is 87.1 Å². The third-order valence-corrected chi connectivity index (χ3v) is 7.93. The van der Waals surface area contributed by atoms with Gasteiger partial charge in [0.05, 0.1) is 23.9 Å². The zero-order chi connectivity index (χ0) is 26.6. The standard InChI is InChI=1S/C30H32N2O6/c1-30(2,3)38-29(35)32-23-12-8-7-11-20(23)21-15-24-22-17-36-26(33)14-19(22)13-25(27(21)32)31(24)28(34)37-16-18-9-5-4-6-10-18/h4-12,19,22,24-25H,13-17H2,1-3H3/t19-,22+,24+,25+/m0/s1. The zero-order valence-corrected chi connectivity index (χ0v) is 21.9. The lowest BCUT2D eigenvalue weighted by atomic mass is 9.69. The third-order valence-electron chi connectivity index (χ3n) is 7.93. The number of hydrogen-bond acceptors (Lipinski definition) is 6. The van der Waals surface area contributed by atoms with Crippen LogP contribution in [-0.4, -0.2) is 45.9 Å². The second-order valence-corrected chi connectivity index (χ2v) is 11.5. The van der Waals surface area contributed by atoms with Crippen LogP contribution in [0.3, 0.4) is 0 Å². The molecule has 4 heterocycles. The Hall–Kier alpha value is -3.81. The smallest absolute Gasteiger partial charge is 0.419 e. The van der Waals surface area contributed by atoms with E-state index in [9.17, 15) is 14.4 Å². The molecule has 3 aliphatic rings. The first-order valence-electron chi connectivity index (χ1n) is 13.2. The third kappa shape index (κ3) is 4.22. The summed E-state index contributed by atoms with van der Waals surface area (Å²) in [6.45, 7) is 5.95. The Labute approximate surface area is 221 Å². The van der Waals surface area contributed by atoms with Crippen LogP contribution in [0.1, 0.15) is 56.5 Å². The van der Waals surface area contributed by atoms with E-state index in [1.54, 1.807) is 9.47 Å². The van der Waals surface area contributed by atoms with Gasteiger partial charge in [0.2, 0.25) is 0 Å². The summed E-state index contributed by atoms with van der Waals surface area (Å²) in [4.78, 5) is 41.4. The molecule has 0 radical (unpaired) electrons. The molecule has 2 aromatic carbocycles. The van der Waals surface area contributed by atoms with E-state index in [0.29, 0.717) is 19.3 Å². The molecule has 1 aromatic heterocycles. The first-order valence-corrected chi connectivity index (χ1v) is 13.2. The molecule has 0 unspecified atom stereocenters. The molecule has 0 N–H and O–H groups in total. The molecule has 38 heavy (non-hydrogen) atoms. The molecule has 2 fully saturated rings. The lowest BCUT2D eigenvalue weighted by Crippen LogP contribution is -2.59. The van der Waals surface area contributed by atoms with Gasteiger partial charge in [0.15, 0.2) is 0 Å². The molecule has 8 nitrogen and oxygen atoms in total. The number of rotatable bonds is 2. The number of benzene rings is 2. The van der Waals surface area contributed by atoms with E-state index < -0.39 is 23.8 Å². The van der Waals surface area contributed by atoms with Gasteiger partial charge in [-0.3, -0.25) is 9.69 Å². The number of cyclic esters (lactones) is 1. The monoisotopic (exact) mass is 516 g/mol. The van der Waals surface area contributed by atoms with Crippen LogP contribution in [0.4, 0.5) is 9.59 Å². The van der Waals surface area contributed by atoms with Crippen molar-refractivity contribution in [1.29, 1.82) is 0 Å². The predicted molar refractivity (Wildman–Crippen MR) is 139 cm³/mol. The fraction of sp³-hybridized carbons (Fsp3) is 0.433. The summed E-state index contributed by atoms with van der Waals surface area (Å²) in [6.07, 6.45) is 0.499. The number of piperidine rings is 1. The minimum absolute atomic E-state index is 0.00464. The van der Waals surface area contributed by atoms with Gasteiger partial charge >= 0.3 is 18.2 Å². The van der Waals surface area contributed by atoms with Crippen molar-refractivity contribution >= 4 is 29.1 Å². The Bertz CT molecular complexity index is 1410. The number of ether oxygens (including phenoxy) is 3. The Kier molecular flexibility index (Phi) is 5.93. The van der Waals surface area contributed by atoms with E-state index in [1.807, 2.05) is 75.4 Å². The molecular weight excluding hydrogens is 484 g/mol. The number of carbonyl (C=O) groups is 3. The molecule has 2 bridgehead atoms. The summed E-state index contributed by atoms with van der Waals surface area (Å²) < 4.78 is 18.8. The van der Waals surface area contributed by atoms with Crippen molar-refractivity contribution in [1.82, 2.24) is 9.47 Å². The number of fused-ring (bicyclic) bond motifs is 8. The highest BCUT2D eigenvalue weighted by Gasteiger charge is 2.53. The fourth-order valence-corrected chi connectivity index (χ4v) is 6.42. The van der Waals surface area contributed by atoms with E-state index in [1.165, 1.54) is 0 Å². The summed E-state index contributed by atoms with van der Waals surface area (Å²) in [5, 5.41) is 0.979. The van der Waals surface area contributed by atoms with Gasteiger partial charge in [-0.15, -0.1) is 0 Å². The summed E-state index contributed by atoms with van der Waals surface area (Å²) in [5.74, 6) is -0.148. The molecule has 0 aliphatic carbocycles. The maximum Gasteiger partial charge on any atom is 0.419 e. The van der Waals surface area contributed by atoms with Crippen molar-refractivity contribution in [2.24, 2.45) is 11.8 Å². The van der Waals surface area contributed by atoms with Gasteiger partial charge in [-0.1, -0.05) is 48.5 Å². The van der Waals surface area contributed by atoms with Crippen molar-refractivity contribution in [3.8, 4) is 0 Å². The number of amides is 1. The van der Waals surface area contributed by atoms with Gasteiger partial charge < -0.3 is 14.2 Å². The highest BCUT2D eigenvalue weighted by molar-refractivity contribution is 5.94. The number of aromatic nitrogens is 1. The molecular formula is C30H32N2O6. The van der Waals surface area contributed by atoms with Crippen LogP contribution in [0.15, 0.2) is 54.6 Å². The maximum atomic E-state index is 13.7. The van der Waals surface area contributed by atoms with Crippen molar-refractivity contribution < 1.29 is 28.6 Å². The molecule has 4 atom stereocenters. The van der Waals surface area contributed by atoms with Gasteiger partial charge in [-0.2, -0.15) is 0 Å². The molecule has 3 aromatic rings. The van der Waals surface area contributed by atoms with Gasteiger partial charge in [0, 0.05) is 23.8 Å². The molecule has 3 aliphatic heterocycles. The van der Waals surface area contributed by atoms with Gasteiger partial charge in [0.25, 0.3) is 0 Å². The minimum Gasteiger partial charge on any atom is -0.465 e. The second-order valence-electron chi connectivity index (χ2n) is 11.5. The van der Waals surface area contributed by atoms with Crippen LogP contribution in [0.5, 0.6) is 0 Å². The average Bonchev–Trinajstić information content (AvgIpc) is 3.21. The van der Waals surface area contributed by atoms with E-state index in [2.05, 4.69) is 0 Å². The largest absolute Gasteiger partial charge is 0.465 e. The van der Waals surface area contributed by atoms with Crippen molar-refractivity contribution in [2.75, 3.05) is 6.61 Å². The van der Waals surface area contributed by atoms with Crippen LogP contribution in [0, 0.1) is 11.8 Å². The molecule has 0 spiro atoms. The van der Waals surface area contributed by atoms with Crippen LogP contribution >= 0.6 is 0 Å². The number of para-hydroxylation sites is 1. The normalized spacial score (nSPS) is 24.3. The van der Waals surface area contributed by atoms with Crippen LogP contribution in [-0.2, 0) is 32.0 Å². The predicted octanol–water partition coefficient (Wildman–Crippen LogP) is 5.61. The van der Waals surface area contributed by atoms with Gasteiger partial charge in [0.1, 0.15) is 12.2 Å². The van der Waals surface area contributed by atoms with E-state index in [0.717, 1.165) is 27.7 Å². The van der Waals surface area contributed by atoms with Crippen molar-refractivity contribution in [3.05, 3.63) is 71.4 Å². The average molecular weight is 517 g/mol. The van der Waals surface area contributed by atoms with Gasteiger partial charge in [-0.05, 0) is 56.7 Å². The molecule has 0 saturated carbocycles. The minimum atomic E-state index is -0.689. The number of hydrogen-bond donors (Lipinski definition) is 0. The first kappa shape index (κ1) is 24.5. The second kappa shape index (κ2) is 9.19. The molecule has 2 saturated heterocycles. The van der Waals surface area contributed by atoms with E-state index in [-0.39, 0.29) is 37.1 Å². The Morgan fingerprint density at radius 3 is 2.50 bits per heavy atom. The van der Waals surface area contributed by atoms with E-state index in [4.69, 9.17) is 14.2 Å². The van der Waals surface area contributed by atoms with Crippen molar-refractivity contribution in [2.45, 2.75) is 64.3 Å². The first-order chi connectivity index (χ1) is 18.2. The van der Waals surface area contributed by atoms with Gasteiger partial charge in [-0.25, -0.2) is 14.2 Å². The van der Waals surface area contributed by atoms with Crippen LogP contribution in [0.25, 0.3) is 10.9 Å². The molecule has 1 amide bonds. The number of esters is 1. The van der Waals surface area contributed by atoms with Crippen LogP contribution < -0.4 is 0 Å². The summed E-state index contributed by atoms with van der Waals surface area (Å²) in [6, 6.07) is 16.7. The number of carbonyl (C=O) groups excluding carboxylic acids is 3. The SMILES string of the molecule is CC(C)(C)OC(=O)n1c2c(c3ccccc31)C[C@@H]1[C@@H]3COC(=O)C[C@@H]3C[C@H]2N1C(=O)OCc1ccccc1. The Morgan fingerprint density at radius 1 is 1.00 bits per heavy atom. The fourth-order valence-electron chi connectivity index (χ4n) is 6.42. The zero-order valence-electron chi connectivity index (χ0n) is 21.9. The summed E-state index contributed by atoms with van der Waals surface area (Å²) >= 11 is 0. The molecule has 198 valence electrons. The summed E-state index contributed by atoms with van der Waals surface area (Å²) in [7, 11) is 0. The highest BCUT2D eigenvalue weighted by Crippen LogP contribution is 2.51. The molecule has 6 rings (SSSR count). The van der Waals surface area contributed by atoms with Crippen LogP contribution in [0.2, 0.25) is 0 Å². The quantitative estimate of drug-likeness (QED) is 0.325. The van der Waals surface area contributed by atoms with Crippen molar-refractivity contribution in [3.63, 3.8) is 0 Å². The highest BCUT2D eigenvalue weighted by atomic mass is 16.6. The maximum absolute atomic E-state index is 13.7. The lowest BCUT2D eigenvalue weighted by Gasteiger charge is -2.53. The summed E-state index contributed by atoms with van der Waals surface area (Å²) in [5.41, 5.74) is 2.77. The van der Waals surface area contributed by atoms with E-state index >= 15 is 0 Å². The lowest BCUT2D eigenvalue weighted by molar-refractivity contribution is -0.160. The Morgan fingerprint density at radius 2 is 1.74 bits per heavy atom. The Balaban J connectivity index is 1.45.